The van der Waals surface area contributed by atoms with Gasteiger partial charge in [-0.25, -0.2) is 4.79 Å². The van der Waals surface area contributed by atoms with Gasteiger partial charge in [0.25, 0.3) is 0 Å². The lowest BCUT2D eigenvalue weighted by Gasteiger charge is -2.40. The Balaban J connectivity index is 1.34. The third-order valence-corrected chi connectivity index (χ3v) is 8.46. The van der Waals surface area contributed by atoms with E-state index in [1.807, 2.05) is 0 Å². The van der Waals surface area contributed by atoms with Crippen LogP contribution in [0.25, 0.3) is 0 Å². The molecule has 0 aromatic heterocycles. The molecule has 2 saturated carbocycles. The average Bonchev–Trinajstić information content (AvgIpc) is 3.36. The molecule has 216 valence electrons. The largest absolute Gasteiger partial charge is 0.508 e. The Morgan fingerprint density at radius 2 is 1.73 bits per heavy atom. The van der Waals surface area contributed by atoms with Gasteiger partial charge in [-0.1, -0.05) is 37.4 Å². The number of phenolic OH excluding ortho intramolecular Hbond substituents is 1. The van der Waals surface area contributed by atoms with Crippen LogP contribution in [0.5, 0.6) is 5.75 Å². The second kappa shape index (κ2) is 11.1. The summed E-state index contributed by atoms with van der Waals surface area (Å²) in [4.78, 5) is 25.5. The molecular weight excluding hydrogens is 524 g/mol. The number of aliphatic hydroxyl groups excluding tert-OH is 4. The van der Waals surface area contributed by atoms with E-state index < -0.39 is 79.4 Å². The van der Waals surface area contributed by atoms with Gasteiger partial charge < -0.3 is 44.5 Å². The minimum atomic E-state index is -1.59. The number of hydrogen-bond acceptors (Lipinski definition) is 11. The van der Waals surface area contributed by atoms with E-state index in [0.29, 0.717) is 17.6 Å². The number of esters is 2. The summed E-state index contributed by atoms with van der Waals surface area (Å²) in [6.07, 6.45) is -8.77. The molecule has 2 aliphatic carbocycles. The number of aromatic hydroxyl groups is 1. The molecule has 4 fully saturated rings. The number of ether oxygens (including phenoxy) is 4. The molecule has 2 saturated heterocycles. The van der Waals surface area contributed by atoms with Gasteiger partial charge in [0.1, 0.15) is 42.4 Å². The second-order valence-electron chi connectivity index (χ2n) is 10.9. The van der Waals surface area contributed by atoms with E-state index in [4.69, 9.17) is 18.9 Å². The van der Waals surface area contributed by atoms with Gasteiger partial charge in [0, 0.05) is 17.9 Å². The van der Waals surface area contributed by atoms with Gasteiger partial charge in [0.05, 0.1) is 25.0 Å². The average molecular weight is 559 g/mol. The van der Waals surface area contributed by atoms with E-state index in [1.165, 1.54) is 12.1 Å². The van der Waals surface area contributed by atoms with E-state index in [9.17, 15) is 35.1 Å². The van der Waals surface area contributed by atoms with E-state index in [1.54, 1.807) is 12.1 Å². The zero-order chi connectivity index (χ0) is 28.9. The first-order valence-corrected chi connectivity index (χ1v) is 13.2. The van der Waals surface area contributed by atoms with Crippen molar-refractivity contribution in [3.8, 4) is 5.75 Å². The predicted octanol–water partition coefficient (Wildman–Crippen LogP) is 0.282. The van der Waals surface area contributed by atoms with Crippen LogP contribution in [0.15, 0.2) is 60.7 Å². The van der Waals surface area contributed by atoms with Crippen LogP contribution in [0, 0.1) is 17.8 Å². The van der Waals surface area contributed by atoms with Gasteiger partial charge in [0.15, 0.2) is 6.29 Å². The minimum Gasteiger partial charge on any atom is -0.508 e. The molecule has 5 N–H and O–H groups in total. The standard InChI is InChI=1S/C29H34O11/c1-12-8-19(37-21(32)9-15-4-6-16(31)7-5-15)23-14(3)28(36)40-27(23)22-13(2)18(10-17(12)22)38-29-26(35)25(34)24(33)20(11-30)39-29/h4-7,17-20,22-27,29-31,33-35H,1-3,8-11H2/t17-,18-,19-,20-,22+,23+,24-,25+,26-,27-,29-/m1/s1. The van der Waals surface area contributed by atoms with Crippen molar-refractivity contribution in [2.75, 3.05) is 6.61 Å². The Kier molecular flexibility index (Phi) is 7.88. The summed E-state index contributed by atoms with van der Waals surface area (Å²) in [5.41, 5.74) is 2.14. The molecule has 1 aromatic carbocycles. The van der Waals surface area contributed by atoms with Crippen LogP contribution in [0.3, 0.4) is 0 Å². The summed E-state index contributed by atoms with van der Waals surface area (Å²) in [6.45, 7) is 11.8. The number of carbonyl (C=O) groups is 2. The van der Waals surface area contributed by atoms with Crippen LogP contribution < -0.4 is 0 Å². The molecule has 0 unspecified atom stereocenters. The van der Waals surface area contributed by atoms with Crippen molar-refractivity contribution in [3.63, 3.8) is 0 Å². The van der Waals surface area contributed by atoms with E-state index in [0.717, 1.165) is 5.57 Å². The van der Waals surface area contributed by atoms with E-state index >= 15 is 0 Å². The maximum absolute atomic E-state index is 12.9. The van der Waals surface area contributed by atoms with Crippen LogP contribution >= 0.6 is 0 Å². The smallest absolute Gasteiger partial charge is 0.334 e. The van der Waals surface area contributed by atoms with Crippen molar-refractivity contribution in [1.82, 2.24) is 0 Å². The number of rotatable bonds is 6. The summed E-state index contributed by atoms with van der Waals surface area (Å²) < 4.78 is 23.2. The van der Waals surface area contributed by atoms with Crippen LogP contribution in [0.4, 0.5) is 0 Å². The molecule has 0 radical (unpaired) electrons. The first kappa shape index (κ1) is 28.5. The number of benzene rings is 1. The normalized spacial score (nSPS) is 39.4. The van der Waals surface area contributed by atoms with Crippen LogP contribution in [-0.2, 0) is 35.0 Å². The summed E-state index contributed by atoms with van der Waals surface area (Å²) in [7, 11) is 0. The maximum atomic E-state index is 12.9. The molecule has 11 nitrogen and oxygen atoms in total. The van der Waals surface area contributed by atoms with Gasteiger partial charge in [0.2, 0.25) is 0 Å². The van der Waals surface area contributed by atoms with Crippen molar-refractivity contribution in [3.05, 3.63) is 66.3 Å². The third-order valence-electron chi connectivity index (χ3n) is 8.46. The van der Waals surface area contributed by atoms with Gasteiger partial charge in [-0.05, 0) is 35.6 Å². The number of phenols is 1. The zero-order valence-corrected chi connectivity index (χ0v) is 21.8. The fourth-order valence-electron chi connectivity index (χ4n) is 6.33. The monoisotopic (exact) mass is 558 g/mol. The summed E-state index contributed by atoms with van der Waals surface area (Å²) in [5, 5.41) is 49.7. The van der Waals surface area contributed by atoms with Crippen LogP contribution in [0.1, 0.15) is 18.4 Å². The maximum Gasteiger partial charge on any atom is 0.334 e. The molecular formula is C29H34O11. The number of hydrogen-bond donors (Lipinski definition) is 5. The van der Waals surface area contributed by atoms with E-state index in [-0.39, 0.29) is 30.1 Å². The Morgan fingerprint density at radius 1 is 1.02 bits per heavy atom. The molecule has 0 spiro atoms. The molecule has 5 rings (SSSR count). The number of aliphatic hydroxyl groups is 4. The Bertz CT molecular complexity index is 1190. The second-order valence-corrected chi connectivity index (χ2v) is 10.9. The third kappa shape index (κ3) is 5.09. The highest BCUT2D eigenvalue weighted by atomic mass is 16.7. The molecule has 0 amide bonds. The highest BCUT2D eigenvalue weighted by Crippen LogP contribution is 2.53. The fraction of sp³-hybridized carbons (Fsp3) is 0.517. The van der Waals surface area contributed by atoms with Gasteiger partial charge >= 0.3 is 11.9 Å². The van der Waals surface area contributed by atoms with Crippen LogP contribution in [0.2, 0.25) is 0 Å². The predicted molar refractivity (Wildman–Crippen MR) is 137 cm³/mol. The first-order valence-electron chi connectivity index (χ1n) is 13.2. The Labute approximate surface area is 230 Å². The van der Waals surface area contributed by atoms with Crippen molar-refractivity contribution in [2.24, 2.45) is 17.8 Å². The summed E-state index contributed by atoms with van der Waals surface area (Å²) in [6, 6.07) is 6.20. The Morgan fingerprint density at radius 3 is 2.40 bits per heavy atom. The summed E-state index contributed by atoms with van der Waals surface area (Å²) in [5.74, 6) is -2.38. The van der Waals surface area contributed by atoms with Crippen molar-refractivity contribution < 1.29 is 54.1 Å². The van der Waals surface area contributed by atoms with E-state index in [2.05, 4.69) is 19.7 Å². The lowest BCUT2D eigenvalue weighted by Crippen LogP contribution is -2.59. The molecule has 2 aliphatic heterocycles. The lowest BCUT2D eigenvalue weighted by atomic mass is 9.81. The highest BCUT2D eigenvalue weighted by molar-refractivity contribution is 5.91. The molecule has 0 bridgehead atoms. The lowest BCUT2D eigenvalue weighted by molar-refractivity contribution is -0.308. The van der Waals surface area contributed by atoms with Crippen molar-refractivity contribution >= 4 is 11.9 Å². The molecule has 40 heavy (non-hydrogen) atoms. The first-order chi connectivity index (χ1) is 19.0. The number of fused-ring (bicyclic) bond motifs is 3. The van der Waals surface area contributed by atoms with Gasteiger partial charge in [-0.3, -0.25) is 4.79 Å². The quantitative estimate of drug-likeness (QED) is 0.184. The molecule has 11 atom stereocenters. The highest BCUT2D eigenvalue weighted by Gasteiger charge is 2.58. The Hall–Kier alpha value is -3.06. The molecule has 1 aromatic rings. The molecule has 2 heterocycles. The molecule has 4 aliphatic rings. The van der Waals surface area contributed by atoms with Crippen molar-refractivity contribution in [2.45, 2.75) is 68.3 Å². The van der Waals surface area contributed by atoms with Crippen molar-refractivity contribution in [1.29, 1.82) is 0 Å². The zero-order valence-electron chi connectivity index (χ0n) is 21.8. The molecule has 11 heteroatoms. The minimum absolute atomic E-state index is 0.0313. The van der Waals surface area contributed by atoms with Gasteiger partial charge in [-0.15, -0.1) is 0 Å². The SMILES string of the molecule is C=C1C(=O)O[C@@H]2[C@H]3C(=C)[C@H](O[C@@H]4O[C@H](CO)[C@@H](O)[C@H](O)[C@H]4O)C[C@@H]3C(=C)C[C@@H](OC(=O)Cc3ccc(O)cc3)[C@H]12. The van der Waals surface area contributed by atoms with Crippen LogP contribution in [-0.4, -0.2) is 93.1 Å². The topological polar surface area (TPSA) is 172 Å². The van der Waals surface area contributed by atoms with Gasteiger partial charge in [-0.2, -0.15) is 0 Å². The number of carbonyl (C=O) groups excluding carboxylic acids is 2. The summed E-state index contributed by atoms with van der Waals surface area (Å²) >= 11 is 0. The fourth-order valence-corrected chi connectivity index (χ4v) is 6.33.